The molecule has 2 aromatic rings. The van der Waals surface area contributed by atoms with Crippen molar-refractivity contribution >= 4 is 12.4 Å². The normalized spacial score (nSPS) is 13.9. The first-order valence-corrected chi connectivity index (χ1v) is 10.3. The Morgan fingerprint density at radius 3 is 1.46 bits per heavy atom. The smallest absolute Gasteiger partial charge is 0.124 e. The quantitative estimate of drug-likeness (QED) is 0.487. The van der Waals surface area contributed by atoms with Gasteiger partial charge < -0.3 is 10.2 Å². The molecule has 4 nitrogen and oxygen atoms in total. The van der Waals surface area contributed by atoms with Crippen molar-refractivity contribution in [3.8, 4) is 11.5 Å². The van der Waals surface area contributed by atoms with E-state index in [-0.39, 0.29) is 23.6 Å². The lowest BCUT2D eigenvalue weighted by Gasteiger charge is -2.21. The Morgan fingerprint density at radius 1 is 0.714 bits per heavy atom. The molecule has 150 valence electrons. The van der Waals surface area contributed by atoms with Crippen LogP contribution in [0, 0.1) is 0 Å². The third kappa shape index (κ3) is 6.84. The van der Waals surface area contributed by atoms with Gasteiger partial charge in [0.2, 0.25) is 0 Å². The molecule has 0 spiro atoms. The van der Waals surface area contributed by atoms with Gasteiger partial charge in [-0.05, 0) is 37.1 Å². The molecule has 0 radical (unpaired) electrons. The zero-order valence-electron chi connectivity index (χ0n) is 17.0. The van der Waals surface area contributed by atoms with E-state index >= 15 is 0 Å². The Morgan fingerprint density at radius 2 is 1.11 bits per heavy atom. The number of aromatic hydroxyl groups is 2. The van der Waals surface area contributed by atoms with Crippen molar-refractivity contribution < 1.29 is 10.2 Å². The van der Waals surface area contributed by atoms with Crippen molar-refractivity contribution in [2.24, 2.45) is 9.98 Å². The number of hydrogen-bond acceptors (Lipinski definition) is 4. The Bertz CT molecular complexity index is 705. The highest BCUT2D eigenvalue weighted by atomic mass is 16.3. The number of unbranched alkanes of at least 4 members (excludes halogenated alkanes) is 2. The van der Waals surface area contributed by atoms with Crippen molar-refractivity contribution in [3.63, 3.8) is 0 Å². The van der Waals surface area contributed by atoms with Gasteiger partial charge in [0.25, 0.3) is 0 Å². The second kappa shape index (κ2) is 12.0. The number of nitrogens with zero attached hydrogens (tertiary/aromatic N) is 2. The third-order valence-corrected chi connectivity index (χ3v) is 4.83. The summed E-state index contributed by atoms with van der Waals surface area (Å²) >= 11 is 0. The average Bonchev–Trinajstić information content (AvgIpc) is 2.71. The molecule has 2 aromatic carbocycles. The molecule has 0 aromatic heterocycles. The Labute approximate surface area is 168 Å². The molecule has 0 amide bonds. The van der Waals surface area contributed by atoms with Crippen LogP contribution in [-0.2, 0) is 0 Å². The maximum Gasteiger partial charge on any atom is 0.124 e. The largest absolute Gasteiger partial charge is 0.507 e. The molecular formula is C24H32N2O2. The van der Waals surface area contributed by atoms with Gasteiger partial charge >= 0.3 is 0 Å². The van der Waals surface area contributed by atoms with E-state index in [1.165, 1.54) is 0 Å². The van der Waals surface area contributed by atoms with E-state index in [4.69, 9.17) is 9.98 Å². The second-order valence-corrected chi connectivity index (χ2v) is 7.09. The summed E-state index contributed by atoms with van der Waals surface area (Å²) in [6.07, 6.45) is 9.81. The lowest BCUT2D eigenvalue weighted by atomic mass is 9.98. The molecule has 0 aliphatic carbocycles. The van der Waals surface area contributed by atoms with E-state index in [0.717, 1.165) is 49.7 Å². The number of aliphatic imine (C=N–C) groups is 2. The highest BCUT2D eigenvalue weighted by Crippen LogP contribution is 2.21. The van der Waals surface area contributed by atoms with Gasteiger partial charge in [-0.1, -0.05) is 63.8 Å². The summed E-state index contributed by atoms with van der Waals surface area (Å²) in [7, 11) is 0. The van der Waals surface area contributed by atoms with Gasteiger partial charge in [-0.25, -0.2) is 0 Å². The van der Waals surface area contributed by atoms with Crippen LogP contribution in [0.5, 0.6) is 11.5 Å². The minimum Gasteiger partial charge on any atom is -0.507 e. The summed E-state index contributed by atoms with van der Waals surface area (Å²) < 4.78 is 0. The molecule has 0 saturated heterocycles. The number of phenols is 2. The number of rotatable bonds is 11. The van der Waals surface area contributed by atoms with Gasteiger partial charge in [-0.15, -0.1) is 0 Å². The van der Waals surface area contributed by atoms with Crippen LogP contribution in [0.4, 0.5) is 0 Å². The molecule has 0 heterocycles. The second-order valence-electron chi connectivity index (χ2n) is 7.09. The van der Waals surface area contributed by atoms with E-state index in [0.29, 0.717) is 0 Å². The fourth-order valence-corrected chi connectivity index (χ4v) is 3.10. The number of benzene rings is 2. The molecule has 2 atom stereocenters. The highest BCUT2D eigenvalue weighted by Gasteiger charge is 2.19. The summed E-state index contributed by atoms with van der Waals surface area (Å²) in [5.41, 5.74) is 1.45. The zero-order valence-corrected chi connectivity index (χ0v) is 17.0. The van der Waals surface area contributed by atoms with Gasteiger partial charge in [0.05, 0.1) is 12.1 Å². The van der Waals surface area contributed by atoms with E-state index in [1.54, 1.807) is 24.6 Å². The highest BCUT2D eigenvalue weighted by molar-refractivity contribution is 5.84. The van der Waals surface area contributed by atoms with Gasteiger partial charge in [-0.2, -0.15) is 0 Å². The average molecular weight is 381 g/mol. The summed E-state index contributed by atoms with van der Waals surface area (Å²) in [5.74, 6) is 0.478. The summed E-state index contributed by atoms with van der Waals surface area (Å²) in [6, 6.07) is 14.6. The lowest BCUT2D eigenvalue weighted by Crippen LogP contribution is -2.23. The van der Waals surface area contributed by atoms with E-state index < -0.39 is 0 Å². The standard InChI is InChI=1S/C24H32N2O2/c1-3-5-13-21(25-17-19-11-7-9-15-23(19)27)22(14-6-4-2)26-18-20-12-8-10-16-24(20)28/h7-12,15-18,21-22,27-28H,3-6,13-14H2,1-2H3/t21-,22-/m0/s1. The van der Waals surface area contributed by atoms with Crippen molar-refractivity contribution in [1.29, 1.82) is 0 Å². The van der Waals surface area contributed by atoms with Crippen molar-refractivity contribution in [2.75, 3.05) is 0 Å². The summed E-state index contributed by atoms with van der Waals surface area (Å²) in [4.78, 5) is 9.64. The minimum atomic E-state index is 0.0493. The number of phenolic OH excluding ortho intramolecular Hbond substituents is 2. The fourth-order valence-electron chi connectivity index (χ4n) is 3.10. The summed E-state index contributed by atoms with van der Waals surface area (Å²) in [5, 5.41) is 20.0. The van der Waals surface area contributed by atoms with Crippen LogP contribution in [0.15, 0.2) is 58.5 Å². The van der Waals surface area contributed by atoms with Crippen molar-refractivity contribution in [3.05, 3.63) is 59.7 Å². The molecule has 0 aliphatic rings. The van der Waals surface area contributed by atoms with E-state index in [9.17, 15) is 10.2 Å². The Kier molecular flexibility index (Phi) is 9.26. The molecule has 4 heteroatoms. The molecule has 2 rings (SSSR count). The Balaban J connectivity index is 2.25. The predicted octanol–water partition coefficient (Wildman–Crippen LogP) is 5.75. The van der Waals surface area contributed by atoms with E-state index in [2.05, 4.69) is 13.8 Å². The van der Waals surface area contributed by atoms with Gasteiger partial charge in [-0.3, -0.25) is 9.98 Å². The van der Waals surface area contributed by atoms with Gasteiger partial charge in [0.15, 0.2) is 0 Å². The molecule has 0 fully saturated rings. The van der Waals surface area contributed by atoms with Crippen molar-refractivity contribution in [1.82, 2.24) is 0 Å². The van der Waals surface area contributed by atoms with Crippen LogP contribution in [0.1, 0.15) is 63.5 Å². The number of para-hydroxylation sites is 2. The van der Waals surface area contributed by atoms with Crippen LogP contribution >= 0.6 is 0 Å². The van der Waals surface area contributed by atoms with Crippen LogP contribution in [0.3, 0.4) is 0 Å². The van der Waals surface area contributed by atoms with Gasteiger partial charge in [0, 0.05) is 23.6 Å². The third-order valence-electron chi connectivity index (χ3n) is 4.83. The first-order chi connectivity index (χ1) is 13.7. The molecule has 0 saturated carbocycles. The van der Waals surface area contributed by atoms with Crippen molar-refractivity contribution in [2.45, 2.75) is 64.5 Å². The van der Waals surface area contributed by atoms with Crippen LogP contribution in [0.25, 0.3) is 0 Å². The molecule has 0 aliphatic heterocycles. The van der Waals surface area contributed by atoms with Crippen LogP contribution in [-0.4, -0.2) is 34.7 Å². The predicted molar refractivity (Wildman–Crippen MR) is 118 cm³/mol. The SMILES string of the molecule is CCCC[C@H](N=Cc1ccccc1O)[C@H](CCCC)N=Cc1ccccc1O. The molecule has 2 N–H and O–H groups in total. The van der Waals surface area contributed by atoms with Crippen LogP contribution in [0.2, 0.25) is 0 Å². The first-order valence-electron chi connectivity index (χ1n) is 10.3. The maximum absolute atomic E-state index is 10.0. The lowest BCUT2D eigenvalue weighted by molar-refractivity contribution is 0.450. The van der Waals surface area contributed by atoms with Gasteiger partial charge in [0.1, 0.15) is 11.5 Å². The monoisotopic (exact) mass is 380 g/mol. The first kappa shape index (κ1) is 21.7. The van der Waals surface area contributed by atoms with E-state index in [1.807, 2.05) is 36.4 Å². The zero-order chi connectivity index (χ0) is 20.2. The topological polar surface area (TPSA) is 65.2 Å². The number of hydrogen-bond donors (Lipinski definition) is 2. The molecule has 0 unspecified atom stereocenters. The fraction of sp³-hybridized carbons (Fsp3) is 0.417. The molecule has 0 bridgehead atoms. The molecular weight excluding hydrogens is 348 g/mol. The maximum atomic E-state index is 10.0. The summed E-state index contributed by atoms with van der Waals surface area (Å²) in [6.45, 7) is 4.35. The minimum absolute atomic E-state index is 0.0493. The van der Waals surface area contributed by atoms with Crippen LogP contribution < -0.4 is 0 Å². The Hall–Kier alpha value is -2.62. The molecule has 28 heavy (non-hydrogen) atoms.